The summed E-state index contributed by atoms with van der Waals surface area (Å²) in [4.78, 5) is 36.9. The molecule has 0 saturated carbocycles. The molecule has 0 fully saturated rings. The minimum absolute atomic E-state index is 0.138. The van der Waals surface area contributed by atoms with Crippen LogP contribution in [0.3, 0.4) is 0 Å². The quantitative estimate of drug-likeness (QED) is 0.704. The lowest BCUT2D eigenvalue weighted by Crippen LogP contribution is -2.59. The predicted molar refractivity (Wildman–Crippen MR) is 97.3 cm³/mol. The van der Waals surface area contributed by atoms with Gasteiger partial charge in [0.25, 0.3) is 21.8 Å². The summed E-state index contributed by atoms with van der Waals surface area (Å²) in [5, 5.41) is 10.2. The van der Waals surface area contributed by atoms with Crippen molar-refractivity contribution in [3.8, 4) is 0 Å². The molecule has 2 amide bonds. The highest BCUT2D eigenvalue weighted by atomic mass is 32.2. The lowest BCUT2D eigenvalue weighted by atomic mass is 10.1. The minimum Gasteiger partial charge on any atom is -0.480 e. The largest absolute Gasteiger partial charge is 0.480 e. The van der Waals surface area contributed by atoms with Gasteiger partial charge in [-0.2, -0.15) is 8.42 Å². The van der Waals surface area contributed by atoms with E-state index in [0.29, 0.717) is 10.6 Å². The van der Waals surface area contributed by atoms with Gasteiger partial charge in [0.1, 0.15) is 4.90 Å². The summed E-state index contributed by atoms with van der Waals surface area (Å²) in [5.41, 5.74) is 5.80. The van der Waals surface area contributed by atoms with Crippen LogP contribution in [-0.2, 0) is 26.0 Å². The van der Waals surface area contributed by atoms with Crippen LogP contribution in [0.1, 0.15) is 15.9 Å². The van der Waals surface area contributed by atoms with E-state index in [1.54, 1.807) is 30.3 Å². The molecule has 0 aliphatic carbocycles. The van der Waals surface area contributed by atoms with Gasteiger partial charge in [0, 0.05) is 6.42 Å². The first-order valence-corrected chi connectivity index (χ1v) is 9.70. The fraction of sp³-hybridized carbons (Fsp3) is 0.167. The van der Waals surface area contributed by atoms with Crippen molar-refractivity contribution in [2.45, 2.75) is 17.4 Å². The Kier molecular flexibility index (Phi) is 5.16. The molecule has 0 saturated heterocycles. The maximum absolute atomic E-state index is 12.9. The van der Waals surface area contributed by atoms with Crippen LogP contribution in [0.15, 0.2) is 59.5 Å². The van der Waals surface area contributed by atoms with E-state index < -0.39 is 40.4 Å². The molecule has 1 heterocycles. The summed E-state index contributed by atoms with van der Waals surface area (Å²) in [6.45, 7) is -0.672. The Hall–Kier alpha value is -3.24. The number of sulfonamides is 1. The average Bonchev–Trinajstić information content (AvgIpc) is 2.89. The second-order valence-electron chi connectivity index (χ2n) is 6.04. The number of carbonyl (C=O) groups is 3. The number of hydrogen-bond donors (Lipinski definition) is 2. The molecule has 0 unspecified atom stereocenters. The number of hydrogen-bond acceptors (Lipinski definition) is 6. The van der Waals surface area contributed by atoms with Crippen molar-refractivity contribution in [1.82, 2.24) is 9.42 Å². The first kappa shape index (κ1) is 19.5. The molecule has 146 valence electrons. The number of carbonyl (C=O) groups excluding carboxylic acids is 2. The Morgan fingerprint density at radius 3 is 2.25 bits per heavy atom. The number of aliphatic carboxylic acids is 1. The van der Waals surface area contributed by atoms with Gasteiger partial charge >= 0.3 is 5.97 Å². The fourth-order valence-electron chi connectivity index (χ4n) is 3.00. The lowest BCUT2D eigenvalue weighted by Gasteiger charge is -2.34. The van der Waals surface area contributed by atoms with Crippen LogP contribution >= 0.6 is 0 Å². The Morgan fingerprint density at radius 2 is 1.68 bits per heavy atom. The average molecular weight is 403 g/mol. The maximum atomic E-state index is 12.9. The van der Waals surface area contributed by atoms with Gasteiger partial charge < -0.3 is 10.8 Å². The zero-order valence-corrected chi connectivity index (χ0v) is 15.4. The highest BCUT2D eigenvalue weighted by Crippen LogP contribution is 2.32. The molecule has 0 aromatic heterocycles. The Balaban J connectivity index is 2.11. The van der Waals surface area contributed by atoms with Gasteiger partial charge in [-0.15, -0.1) is 4.41 Å². The molecule has 1 atom stereocenters. The van der Waals surface area contributed by atoms with E-state index in [0.717, 1.165) is 0 Å². The standard InChI is InChI=1S/C18H17N3O6S/c19-11-16(22)20(14(18(24)25)10-12-6-2-1-3-7-12)21-17(23)13-8-4-5-9-15(13)28(21,26)27/h1-9,14H,10-11,19H2,(H,24,25)/t14-/m0/s1. The number of benzene rings is 2. The molecular weight excluding hydrogens is 386 g/mol. The highest BCUT2D eigenvalue weighted by molar-refractivity contribution is 7.90. The zero-order chi connectivity index (χ0) is 20.5. The molecule has 3 N–H and O–H groups in total. The summed E-state index contributed by atoms with van der Waals surface area (Å²) in [6.07, 6.45) is -0.211. The monoisotopic (exact) mass is 403 g/mol. The van der Waals surface area contributed by atoms with Crippen molar-refractivity contribution in [3.63, 3.8) is 0 Å². The summed E-state index contributed by atoms with van der Waals surface area (Å²) in [7, 11) is -4.45. The number of fused-ring (bicyclic) bond motifs is 1. The third-order valence-electron chi connectivity index (χ3n) is 4.27. The van der Waals surface area contributed by atoms with E-state index in [4.69, 9.17) is 5.73 Å². The van der Waals surface area contributed by atoms with E-state index in [1.807, 2.05) is 0 Å². The van der Waals surface area contributed by atoms with Crippen molar-refractivity contribution in [3.05, 3.63) is 65.7 Å². The van der Waals surface area contributed by atoms with Gasteiger partial charge in [0.05, 0.1) is 12.1 Å². The molecule has 1 aliphatic rings. The van der Waals surface area contributed by atoms with E-state index in [-0.39, 0.29) is 21.3 Å². The van der Waals surface area contributed by atoms with E-state index in [1.165, 1.54) is 24.3 Å². The van der Waals surface area contributed by atoms with Crippen LogP contribution in [0.4, 0.5) is 0 Å². The van der Waals surface area contributed by atoms with E-state index >= 15 is 0 Å². The van der Waals surface area contributed by atoms with Crippen molar-refractivity contribution in [1.29, 1.82) is 0 Å². The van der Waals surface area contributed by atoms with Gasteiger partial charge in [-0.3, -0.25) is 9.59 Å². The van der Waals surface area contributed by atoms with Crippen LogP contribution in [0.2, 0.25) is 0 Å². The van der Waals surface area contributed by atoms with E-state index in [2.05, 4.69) is 0 Å². The number of carboxylic acid groups (broad SMARTS) is 1. The number of hydrazine groups is 1. The van der Waals surface area contributed by atoms with Crippen LogP contribution in [-0.4, -0.2) is 53.3 Å². The number of nitrogens with two attached hydrogens (primary N) is 1. The third-order valence-corrected chi connectivity index (χ3v) is 5.98. The lowest BCUT2D eigenvalue weighted by molar-refractivity contribution is -0.157. The van der Waals surface area contributed by atoms with Gasteiger partial charge in [-0.05, 0) is 17.7 Å². The molecule has 0 bridgehead atoms. The number of nitrogens with zero attached hydrogens (tertiary/aromatic N) is 2. The smallest absolute Gasteiger partial charge is 0.328 e. The molecule has 0 spiro atoms. The summed E-state index contributed by atoms with van der Waals surface area (Å²) in [5.74, 6) is -3.48. The normalized spacial score (nSPS) is 15.8. The summed E-state index contributed by atoms with van der Waals surface area (Å²) in [6, 6.07) is 12.1. The fourth-order valence-corrected chi connectivity index (χ4v) is 4.62. The van der Waals surface area contributed by atoms with Crippen molar-refractivity contribution in [2.24, 2.45) is 5.73 Å². The van der Waals surface area contributed by atoms with Crippen LogP contribution < -0.4 is 5.73 Å². The summed E-state index contributed by atoms with van der Waals surface area (Å²) >= 11 is 0. The number of rotatable bonds is 6. The minimum atomic E-state index is -4.45. The molecule has 1 aliphatic heterocycles. The molecule has 0 radical (unpaired) electrons. The summed E-state index contributed by atoms with van der Waals surface area (Å²) < 4.78 is 26.0. The van der Waals surface area contributed by atoms with Crippen LogP contribution in [0, 0.1) is 0 Å². The van der Waals surface area contributed by atoms with Gasteiger partial charge in [-0.25, -0.2) is 9.80 Å². The zero-order valence-electron chi connectivity index (χ0n) is 14.6. The molecular formula is C18H17N3O6S. The van der Waals surface area contributed by atoms with Gasteiger partial charge in [0.15, 0.2) is 6.04 Å². The van der Waals surface area contributed by atoms with Gasteiger partial charge in [0.2, 0.25) is 0 Å². The second kappa shape index (κ2) is 7.41. The highest BCUT2D eigenvalue weighted by Gasteiger charge is 2.49. The van der Waals surface area contributed by atoms with Crippen molar-refractivity contribution >= 4 is 27.8 Å². The molecule has 2 aromatic rings. The predicted octanol–water partition coefficient (Wildman–Crippen LogP) is 0.229. The van der Waals surface area contributed by atoms with Crippen LogP contribution in [0.5, 0.6) is 0 Å². The third kappa shape index (κ3) is 3.23. The Labute approximate surface area is 161 Å². The molecule has 9 nitrogen and oxygen atoms in total. The number of amides is 2. The van der Waals surface area contributed by atoms with Crippen LogP contribution in [0.25, 0.3) is 0 Å². The van der Waals surface area contributed by atoms with Crippen molar-refractivity contribution in [2.75, 3.05) is 6.54 Å². The molecule has 10 heteroatoms. The number of carboxylic acids is 1. The molecule has 3 rings (SSSR count). The van der Waals surface area contributed by atoms with E-state index in [9.17, 15) is 27.9 Å². The SMILES string of the molecule is NCC(=O)N([C@@H](Cc1ccccc1)C(=O)O)N1C(=O)c2ccccc2S1(=O)=O. The molecule has 2 aromatic carbocycles. The maximum Gasteiger partial charge on any atom is 0.328 e. The van der Waals surface area contributed by atoms with Crippen molar-refractivity contribution < 1.29 is 27.9 Å². The first-order valence-electron chi connectivity index (χ1n) is 8.26. The topological polar surface area (TPSA) is 138 Å². The van der Waals surface area contributed by atoms with Gasteiger partial charge in [-0.1, -0.05) is 42.5 Å². The second-order valence-corrected chi connectivity index (χ2v) is 7.77. The Morgan fingerprint density at radius 1 is 1.07 bits per heavy atom. The molecule has 28 heavy (non-hydrogen) atoms. The Bertz CT molecular complexity index is 1040. The first-order chi connectivity index (χ1) is 13.3.